The van der Waals surface area contributed by atoms with Crippen LogP contribution in [-0.2, 0) is 4.79 Å². The van der Waals surface area contributed by atoms with Crippen molar-refractivity contribution < 1.29 is 14.3 Å². The van der Waals surface area contributed by atoms with Crippen LogP contribution in [0.15, 0.2) is 54.6 Å². The number of benzene rings is 2. The fourth-order valence-corrected chi connectivity index (χ4v) is 3.72. The number of allylic oxidation sites excluding steroid dienone is 1. The molecule has 0 unspecified atom stereocenters. The number of rotatable bonds is 7. The minimum atomic E-state index is -0.0311. The van der Waals surface area contributed by atoms with Gasteiger partial charge in [-0.2, -0.15) is 0 Å². The van der Waals surface area contributed by atoms with Crippen molar-refractivity contribution in [3.05, 3.63) is 65.7 Å². The van der Waals surface area contributed by atoms with Gasteiger partial charge in [0.05, 0.1) is 7.11 Å². The van der Waals surface area contributed by atoms with E-state index in [-0.39, 0.29) is 24.3 Å². The molecule has 0 saturated carbocycles. The molecule has 148 valence electrons. The molecule has 2 aromatic carbocycles. The highest BCUT2D eigenvalue weighted by Crippen LogP contribution is 2.32. The Morgan fingerprint density at radius 1 is 1.18 bits per heavy atom. The van der Waals surface area contributed by atoms with Crippen molar-refractivity contribution in [2.45, 2.75) is 12.8 Å². The summed E-state index contributed by atoms with van der Waals surface area (Å²) in [5.41, 5.74) is 8.23. The standard InChI is InChI=1S/C23H28N2O3/c1-3-7-17-10-11-21(22(12-17)27-2)28-16-23(26)25-14-19(13-24)20(15-25)18-8-5-4-6-9-18/h3-12,19-20H,13-16,24H2,1-2H3/b7-3+/t19-,20+/m1/s1. The van der Waals surface area contributed by atoms with Crippen LogP contribution in [-0.4, -0.2) is 44.2 Å². The van der Waals surface area contributed by atoms with Gasteiger partial charge in [-0.1, -0.05) is 48.6 Å². The van der Waals surface area contributed by atoms with Crippen molar-refractivity contribution in [1.29, 1.82) is 0 Å². The van der Waals surface area contributed by atoms with Gasteiger partial charge in [0, 0.05) is 19.0 Å². The molecule has 28 heavy (non-hydrogen) atoms. The fourth-order valence-electron chi connectivity index (χ4n) is 3.72. The molecule has 5 heteroatoms. The minimum Gasteiger partial charge on any atom is -0.493 e. The van der Waals surface area contributed by atoms with Crippen LogP contribution in [0.3, 0.4) is 0 Å². The number of amides is 1. The number of hydrogen-bond donors (Lipinski definition) is 1. The molecule has 0 spiro atoms. The SMILES string of the molecule is C/C=C/c1ccc(OCC(=O)N2C[C@@H](CN)[C@H](c3ccccc3)C2)c(OC)c1. The molecule has 5 nitrogen and oxygen atoms in total. The highest BCUT2D eigenvalue weighted by molar-refractivity contribution is 5.78. The van der Waals surface area contributed by atoms with Gasteiger partial charge in [-0.05, 0) is 42.6 Å². The fraction of sp³-hybridized carbons (Fsp3) is 0.348. The Bertz CT molecular complexity index is 820. The average Bonchev–Trinajstić information content (AvgIpc) is 3.18. The Balaban J connectivity index is 1.64. The summed E-state index contributed by atoms with van der Waals surface area (Å²) in [5.74, 6) is 1.69. The third-order valence-corrected chi connectivity index (χ3v) is 5.22. The Labute approximate surface area is 166 Å². The van der Waals surface area contributed by atoms with Crippen LogP contribution in [0.4, 0.5) is 0 Å². The summed E-state index contributed by atoms with van der Waals surface area (Å²) in [6.07, 6.45) is 3.95. The first-order valence-corrected chi connectivity index (χ1v) is 9.62. The van der Waals surface area contributed by atoms with Crippen molar-refractivity contribution in [3.63, 3.8) is 0 Å². The number of methoxy groups -OCH3 is 1. The molecule has 1 saturated heterocycles. The van der Waals surface area contributed by atoms with Gasteiger partial charge in [0.25, 0.3) is 5.91 Å². The molecule has 3 rings (SSSR count). The number of likely N-dealkylation sites (tertiary alicyclic amines) is 1. The molecular weight excluding hydrogens is 352 g/mol. The highest BCUT2D eigenvalue weighted by Gasteiger charge is 2.35. The van der Waals surface area contributed by atoms with Gasteiger partial charge < -0.3 is 20.1 Å². The third kappa shape index (κ3) is 4.54. The highest BCUT2D eigenvalue weighted by atomic mass is 16.5. The van der Waals surface area contributed by atoms with Crippen LogP contribution in [0.2, 0.25) is 0 Å². The summed E-state index contributed by atoms with van der Waals surface area (Å²) >= 11 is 0. The van der Waals surface area contributed by atoms with E-state index < -0.39 is 0 Å². The zero-order chi connectivity index (χ0) is 19.9. The molecule has 0 radical (unpaired) electrons. The number of carbonyl (C=O) groups excluding carboxylic acids is 1. The van der Waals surface area contributed by atoms with Crippen molar-refractivity contribution >= 4 is 12.0 Å². The second-order valence-electron chi connectivity index (χ2n) is 7.01. The second kappa shape index (κ2) is 9.42. The lowest BCUT2D eigenvalue weighted by Crippen LogP contribution is -2.33. The molecule has 1 aliphatic heterocycles. The van der Waals surface area contributed by atoms with Gasteiger partial charge in [-0.3, -0.25) is 4.79 Å². The summed E-state index contributed by atoms with van der Waals surface area (Å²) in [6.45, 7) is 3.84. The van der Waals surface area contributed by atoms with Crippen LogP contribution in [0.1, 0.15) is 24.0 Å². The van der Waals surface area contributed by atoms with Gasteiger partial charge >= 0.3 is 0 Å². The average molecular weight is 380 g/mol. The quantitative estimate of drug-likeness (QED) is 0.800. The summed E-state index contributed by atoms with van der Waals surface area (Å²) in [7, 11) is 1.60. The number of nitrogens with two attached hydrogens (primary N) is 1. The first-order chi connectivity index (χ1) is 13.7. The smallest absolute Gasteiger partial charge is 0.260 e. The Morgan fingerprint density at radius 2 is 1.96 bits per heavy atom. The topological polar surface area (TPSA) is 64.8 Å². The van der Waals surface area contributed by atoms with Gasteiger partial charge in [0.2, 0.25) is 0 Å². The predicted octanol–water partition coefficient (Wildman–Crippen LogP) is 3.31. The van der Waals surface area contributed by atoms with Crippen LogP contribution in [0, 0.1) is 5.92 Å². The second-order valence-corrected chi connectivity index (χ2v) is 7.01. The summed E-state index contributed by atoms with van der Waals surface area (Å²) < 4.78 is 11.2. The van der Waals surface area contributed by atoms with Gasteiger partial charge in [0.15, 0.2) is 18.1 Å². The maximum atomic E-state index is 12.7. The molecule has 1 fully saturated rings. The lowest BCUT2D eigenvalue weighted by Gasteiger charge is -2.18. The third-order valence-electron chi connectivity index (χ3n) is 5.22. The van der Waals surface area contributed by atoms with E-state index in [0.29, 0.717) is 31.1 Å². The Morgan fingerprint density at radius 3 is 2.64 bits per heavy atom. The molecule has 0 aliphatic carbocycles. The minimum absolute atomic E-state index is 0.0157. The molecule has 1 heterocycles. The van der Waals surface area contributed by atoms with Gasteiger partial charge in [-0.25, -0.2) is 0 Å². The van der Waals surface area contributed by atoms with Gasteiger partial charge in [-0.15, -0.1) is 0 Å². The monoisotopic (exact) mass is 380 g/mol. The van der Waals surface area contributed by atoms with Crippen molar-refractivity contribution in [1.82, 2.24) is 4.90 Å². The zero-order valence-corrected chi connectivity index (χ0v) is 16.5. The van der Waals surface area contributed by atoms with E-state index in [1.807, 2.05) is 60.4 Å². The first kappa shape index (κ1) is 20.0. The van der Waals surface area contributed by atoms with E-state index >= 15 is 0 Å². The van der Waals surface area contributed by atoms with Crippen molar-refractivity contribution in [3.8, 4) is 11.5 Å². The van der Waals surface area contributed by atoms with E-state index in [4.69, 9.17) is 15.2 Å². The van der Waals surface area contributed by atoms with E-state index in [9.17, 15) is 4.79 Å². The zero-order valence-electron chi connectivity index (χ0n) is 16.5. The molecular formula is C23H28N2O3. The van der Waals surface area contributed by atoms with Crippen LogP contribution in [0.5, 0.6) is 11.5 Å². The van der Waals surface area contributed by atoms with Crippen LogP contribution >= 0.6 is 0 Å². The Kier molecular flexibility index (Phi) is 6.71. The molecule has 2 N–H and O–H groups in total. The molecule has 0 bridgehead atoms. The summed E-state index contributed by atoms with van der Waals surface area (Å²) in [4.78, 5) is 14.6. The van der Waals surface area contributed by atoms with E-state index in [1.54, 1.807) is 7.11 Å². The summed E-state index contributed by atoms with van der Waals surface area (Å²) in [5, 5.41) is 0. The lowest BCUT2D eigenvalue weighted by molar-refractivity contribution is -0.132. The number of carbonyl (C=O) groups is 1. The normalized spacial score (nSPS) is 19.2. The van der Waals surface area contributed by atoms with Crippen molar-refractivity contribution in [2.24, 2.45) is 11.7 Å². The van der Waals surface area contributed by atoms with E-state index in [1.165, 1.54) is 5.56 Å². The van der Waals surface area contributed by atoms with E-state index in [2.05, 4.69) is 12.1 Å². The lowest BCUT2D eigenvalue weighted by atomic mass is 9.89. The Hall–Kier alpha value is -2.79. The molecule has 2 aromatic rings. The van der Waals surface area contributed by atoms with Crippen LogP contribution in [0.25, 0.3) is 6.08 Å². The number of ether oxygens (including phenoxy) is 2. The summed E-state index contributed by atoms with van der Waals surface area (Å²) in [6, 6.07) is 15.9. The largest absolute Gasteiger partial charge is 0.493 e. The molecule has 1 amide bonds. The van der Waals surface area contributed by atoms with Crippen molar-refractivity contribution in [2.75, 3.05) is 33.4 Å². The van der Waals surface area contributed by atoms with Gasteiger partial charge in [0.1, 0.15) is 0 Å². The first-order valence-electron chi connectivity index (χ1n) is 9.62. The van der Waals surface area contributed by atoms with Crippen LogP contribution < -0.4 is 15.2 Å². The predicted molar refractivity (Wildman–Crippen MR) is 112 cm³/mol. The number of nitrogens with zero attached hydrogens (tertiary/aromatic N) is 1. The molecule has 2 atom stereocenters. The number of hydrogen-bond acceptors (Lipinski definition) is 4. The molecule has 1 aliphatic rings. The van der Waals surface area contributed by atoms with E-state index in [0.717, 1.165) is 5.56 Å². The maximum absolute atomic E-state index is 12.7. The molecule has 0 aromatic heterocycles. The maximum Gasteiger partial charge on any atom is 0.260 e.